The van der Waals surface area contributed by atoms with Crippen molar-refractivity contribution in [2.45, 2.75) is 39.2 Å². The van der Waals surface area contributed by atoms with Crippen LogP contribution < -0.4 is 5.69 Å². The van der Waals surface area contributed by atoms with Crippen molar-refractivity contribution in [3.8, 4) is 0 Å². The van der Waals surface area contributed by atoms with E-state index in [2.05, 4.69) is 18.8 Å². The number of carbonyl (C=O) groups is 1. The molecule has 2 aromatic rings. The first-order valence-electron chi connectivity index (χ1n) is 8.03. The zero-order chi connectivity index (χ0) is 15.7. The molecule has 1 aliphatic rings. The molecule has 1 aromatic carbocycles. The monoisotopic (exact) mass is 301 g/mol. The molecule has 0 aliphatic carbocycles. The number of amides is 1. The van der Waals surface area contributed by atoms with Gasteiger partial charge in [0, 0.05) is 25.6 Å². The van der Waals surface area contributed by atoms with Crippen molar-refractivity contribution in [1.82, 2.24) is 14.5 Å². The molecule has 3 rings (SSSR count). The number of piperidine rings is 1. The van der Waals surface area contributed by atoms with E-state index in [1.165, 1.54) is 0 Å². The van der Waals surface area contributed by atoms with Gasteiger partial charge in [-0.25, -0.2) is 4.79 Å². The molecule has 5 nitrogen and oxygen atoms in total. The molecule has 0 saturated carbocycles. The van der Waals surface area contributed by atoms with Crippen LogP contribution >= 0.6 is 0 Å². The molecule has 118 valence electrons. The van der Waals surface area contributed by atoms with Gasteiger partial charge in [-0.2, -0.15) is 0 Å². The molecule has 1 amide bonds. The summed E-state index contributed by atoms with van der Waals surface area (Å²) >= 11 is 0. The van der Waals surface area contributed by atoms with Crippen LogP contribution in [0.2, 0.25) is 0 Å². The van der Waals surface area contributed by atoms with Crippen LogP contribution in [0, 0.1) is 5.92 Å². The number of nitrogens with zero attached hydrogens (tertiary/aromatic N) is 2. The number of fused-ring (bicyclic) bond motifs is 1. The Bertz CT molecular complexity index is 721. The van der Waals surface area contributed by atoms with Gasteiger partial charge in [0.25, 0.3) is 0 Å². The lowest BCUT2D eigenvalue weighted by molar-refractivity contribution is -0.133. The Kier molecular flexibility index (Phi) is 4.05. The van der Waals surface area contributed by atoms with Gasteiger partial charge in [-0.05, 0) is 30.9 Å². The highest BCUT2D eigenvalue weighted by Gasteiger charge is 2.26. The van der Waals surface area contributed by atoms with E-state index in [-0.39, 0.29) is 17.6 Å². The maximum absolute atomic E-state index is 12.2. The van der Waals surface area contributed by atoms with Crippen LogP contribution in [0.25, 0.3) is 11.0 Å². The number of hydrogen-bond acceptors (Lipinski definition) is 2. The average Bonchev–Trinajstić information content (AvgIpc) is 2.82. The molecule has 1 saturated heterocycles. The third-order valence-electron chi connectivity index (χ3n) is 4.39. The molecule has 2 heterocycles. The van der Waals surface area contributed by atoms with Crippen molar-refractivity contribution in [3.63, 3.8) is 0 Å². The molecule has 5 heteroatoms. The number of carbonyl (C=O) groups excluding carboxylic acids is 1. The molecule has 0 atom stereocenters. The van der Waals surface area contributed by atoms with Crippen molar-refractivity contribution in [1.29, 1.82) is 0 Å². The summed E-state index contributed by atoms with van der Waals surface area (Å²) in [5, 5.41) is 0. The number of H-pyrrole nitrogens is 1. The Morgan fingerprint density at radius 1 is 1.27 bits per heavy atom. The summed E-state index contributed by atoms with van der Waals surface area (Å²) in [6.45, 7) is 5.61. The number of para-hydroxylation sites is 2. The lowest BCUT2D eigenvalue weighted by Crippen LogP contribution is -2.40. The van der Waals surface area contributed by atoms with Crippen LogP contribution in [0.1, 0.15) is 39.2 Å². The van der Waals surface area contributed by atoms with Gasteiger partial charge in [0.2, 0.25) is 5.91 Å². The first kappa shape index (κ1) is 14.9. The maximum atomic E-state index is 12.2. The van der Waals surface area contributed by atoms with Gasteiger partial charge in [-0.1, -0.05) is 26.0 Å². The molecular weight excluding hydrogens is 278 g/mol. The van der Waals surface area contributed by atoms with E-state index in [0.717, 1.165) is 37.0 Å². The van der Waals surface area contributed by atoms with Gasteiger partial charge < -0.3 is 9.88 Å². The Balaban J connectivity index is 1.75. The number of aromatic nitrogens is 2. The summed E-state index contributed by atoms with van der Waals surface area (Å²) < 4.78 is 1.86. The molecule has 1 aliphatic heterocycles. The SMILES string of the molecule is CC(C)CC(=O)N1CCC(n2c(=O)[nH]c3ccccc32)CC1. The second-order valence-electron chi connectivity index (χ2n) is 6.53. The number of nitrogens with one attached hydrogen (secondary N) is 1. The minimum Gasteiger partial charge on any atom is -0.343 e. The highest BCUT2D eigenvalue weighted by Crippen LogP contribution is 2.25. The zero-order valence-electron chi connectivity index (χ0n) is 13.2. The Hall–Kier alpha value is -2.04. The topological polar surface area (TPSA) is 58.1 Å². The van der Waals surface area contributed by atoms with Gasteiger partial charge in [-0.15, -0.1) is 0 Å². The minimum absolute atomic E-state index is 0.0480. The van der Waals surface area contributed by atoms with Crippen molar-refractivity contribution in [3.05, 3.63) is 34.7 Å². The van der Waals surface area contributed by atoms with Crippen molar-refractivity contribution in [2.24, 2.45) is 5.92 Å². The average molecular weight is 301 g/mol. The van der Waals surface area contributed by atoms with Crippen molar-refractivity contribution in [2.75, 3.05) is 13.1 Å². The summed E-state index contributed by atoms with van der Waals surface area (Å²) in [5.74, 6) is 0.626. The summed E-state index contributed by atoms with van der Waals surface area (Å²) in [6.07, 6.45) is 2.29. The van der Waals surface area contributed by atoms with Crippen LogP contribution in [0.5, 0.6) is 0 Å². The molecule has 22 heavy (non-hydrogen) atoms. The van der Waals surface area contributed by atoms with Crippen molar-refractivity contribution >= 4 is 16.9 Å². The Morgan fingerprint density at radius 3 is 2.64 bits per heavy atom. The van der Waals surface area contributed by atoms with Gasteiger partial charge >= 0.3 is 5.69 Å². The zero-order valence-corrected chi connectivity index (χ0v) is 13.2. The predicted octanol–water partition coefficient (Wildman–Crippen LogP) is 2.54. The predicted molar refractivity (Wildman–Crippen MR) is 86.9 cm³/mol. The molecule has 0 radical (unpaired) electrons. The largest absolute Gasteiger partial charge is 0.343 e. The second kappa shape index (κ2) is 5.99. The van der Waals surface area contributed by atoms with E-state index in [9.17, 15) is 9.59 Å². The standard InChI is InChI=1S/C17H23N3O2/c1-12(2)11-16(21)19-9-7-13(8-10-19)20-15-6-4-3-5-14(15)18-17(20)22/h3-6,12-13H,7-11H2,1-2H3,(H,18,22). The third kappa shape index (κ3) is 2.80. The highest BCUT2D eigenvalue weighted by molar-refractivity contribution is 5.77. The lowest BCUT2D eigenvalue weighted by atomic mass is 10.0. The normalized spacial score (nSPS) is 16.6. The van der Waals surface area contributed by atoms with Crippen LogP contribution in [0.15, 0.2) is 29.1 Å². The van der Waals surface area contributed by atoms with E-state index >= 15 is 0 Å². The molecule has 1 aromatic heterocycles. The Labute approximate surface area is 129 Å². The van der Waals surface area contributed by atoms with E-state index < -0.39 is 0 Å². The summed E-state index contributed by atoms with van der Waals surface area (Å²) in [7, 11) is 0. The number of rotatable bonds is 3. The number of benzene rings is 1. The number of imidazole rings is 1. The first-order valence-corrected chi connectivity index (χ1v) is 8.03. The van der Waals surface area contributed by atoms with Crippen LogP contribution in [0.3, 0.4) is 0 Å². The highest BCUT2D eigenvalue weighted by atomic mass is 16.2. The van der Waals surface area contributed by atoms with E-state index in [0.29, 0.717) is 12.3 Å². The molecule has 1 N–H and O–H groups in total. The first-order chi connectivity index (χ1) is 10.6. The van der Waals surface area contributed by atoms with E-state index in [1.807, 2.05) is 33.7 Å². The number of hydrogen-bond donors (Lipinski definition) is 1. The molecule has 0 spiro atoms. The van der Waals surface area contributed by atoms with Crippen LogP contribution in [-0.4, -0.2) is 33.4 Å². The Morgan fingerprint density at radius 2 is 1.95 bits per heavy atom. The van der Waals surface area contributed by atoms with Gasteiger partial charge in [0.15, 0.2) is 0 Å². The molecule has 0 bridgehead atoms. The van der Waals surface area contributed by atoms with Crippen LogP contribution in [0.4, 0.5) is 0 Å². The third-order valence-corrected chi connectivity index (χ3v) is 4.39. The van der Waals surface area contributed by atoms with Gasteiger partial charge in [-0.3, -0.25) is 9.36 Å². The molecular formula is C17H23N3O2. The second-order valence-corrected chi connectivity index (χ2v) is 6.53. The maximum Gasteiger partial charge on any atom is 0.326 e. The molecule has 0 unspecified atom stereocenters. The molecule has 1 fully saturated rings. The fraction of sp³-hybridized carbons (Fsp3) is 0.529. The smallest absolute Gasteiger partial charge is 0.326 e. The van der Waals surface area contributed by atoms with Crippen molar-refractivity contribution < 1.29 is 4.79 Å². The van der Waals surface area contributed by atoms with Gasteiger partial charge in [0.1, 0.15) is 0 Å². The summed E-state index contributed by atoms with van der Waals surface area (Å²) in [4.78, 5) is 29.2. The lowest BCUT2D eigenvalue weighted by Gasteiger charge is -2.33. The minimum atomic E-state index is -0.0480. The fourth-order valence-corrected chi connectivity index (χ4v) is 3.29. The summed E-state index contributed by atoms with van der Waals surface area (Å²) in [6, 6.07) is 7.95. The van der Waals surface area contributed by atoms with E-state index in [4.69, 9.17) is 0 Å². The fourth-order valence-electron chi connectivity index (χ4n) is 3.29. The summed E-state index contributed by atoms with van der Waals surface area (Å²) in [5.41, 5.74) is 1.79. The number of aromatic amines is 1. The van der Waals surface area contributed by atoms with Crippen LogP contribution in [-0.2, 0) is 4.79 Å². The van der Waals surface area contributed by atoms with E-state index in [1.54, 1.807) is 0 Å². The number of likely N-dealkylation sites (tertiary alicyclic amines) is 1. The quantitative estimate of drug-likeness (QED) is 0.947. The van der Waals surface area contributed by atoms with Gasteiger partial charge in [0.05, 0.1) is 11.0 Å².